The summed E-state index contributed by atoms with van der Waals surface area (Å²) in [5, 5.41) is 1.89. The Bertz CT molecular complexity index is 302. The minimum absolute atomic E-state index is 0.0798. The molecule has 4 nitrogen and oxygen atoms in total. The zero-order valence-electron chi connectivity index (χ0n) is 9.53. The van der Waals surface area contributed by atoms with Crippen LogP contribution >= 0.6 is 0 Å². The fraction of sp³-hybridized carbons (Fsp3) is 0.455. The van der Waals surface area contributed by atoms with E-state index in [1.807, 2.05) is 43.4 Å². The monoisotopic (exact) mass is 209 g/mol. The van der Waals surface area contributed by atoms with Gasteiger partial charge in [-0.2, -0.15) is 0 Å². The molecule has 0 amide bonds. The summed E-state index contributed by atoms with van der Waals surface area (Å²) in [6.45, 7) is 0.526. The first kappa shape index (κ1) is 12.0. The molecule has 1 atom stereocenters. The van der Waals surface area contributed by atoms with E-state index in [2.05, 4.69) is 5.43 Å². The highest BCUT2D eigenvalue weighted by molar-refractivity contribution is 5.35. The number of rotatable bonds is 5. The lowest BCUT2D eigenvalue weighted by atomic mass is 10.1. The number of ether oxygens (including phenoxy) is 1. The summed E-state index contributed by atoms with van der Waals surface area (Å²) in [7, 11) is 5.55. The molecule has 0 aliphatic heterocycles. The summed E-state index contributed by atoms with van der Waals surface area (Å²) < 4.78 is 5.30. The minimum atomic E-state index is 0.0798. The van der Waals surface area contributed by atoms with Crippen LogP contribution in [0.15, 0.2) is 24.3 Å². The molecule has 0 heterocycles. The van der Waals surface area contributed by atoms with Crippen LogP contribution in [0.3, 0.4) is 0 Å². The standard InChI is InChI=1S/C11H19N3O/c1-14(2)13-10(8-12)9-6-4-5-7-11(9)15-3/h4-7,10,13H,8,12H2,1-3H3. The van der Waals surface area contributed by atoms with E-state index >= 15 is 0 Å². The van der Waals surface area contributed by atoms with E-state index in [1.165, 1.54) is 0 Å². The van der Waals surface area contributed by atoms with Crippen LogP contribution in [0.2, 0.25) is 0 Å². The van der Waals surface area contributed by atoms with Crippen LogP contribution in [-0.4, -0.2) is 32.8 Å². The van der Waals surface area contributed by atoms with Crippen LogP contribution in [-0.2, 0) is 0 Å². The highest BCUT2D eigenvalue weighted by Crippen LogP contribution is 2.23. The van der Waals surface area contributed by atoms with Crippen molar-refractivity contribution in [3.8, 4) is 5.75 Å². The van der Waals surface area contributed by atoms with E-state index in [4.69, 9.17) is 10.5 Å². The summed E-state index contributed by atoms with van der Waals surface area (Å²) in [6, 6.07) is 7.97. The highest BCUT2D eigenvalue weighted by atomic mass is 16.5. The molecule has 4 heteroatoms. The van der Waals surface area contributed by atoms with Crippen LogP contribution in [0.25, 0.3) is 0 Å². The van der Waals surface area contributed by atoms with Crippen molar-refractivity contribution in [2.75, 3.05) is 27.7 Å². The van der Waals surface area contributed by atoms with Crippen molar-refractivity contribution < 1.29 is 4.74 Å². The number of para-hydroxylation sites is 1. The molecule has 0 aliphatic rings. The lowest BCUT2D eigenvalue weighted by molar-refractivity contribution is 0.242. The normalized spacial score (nSPS) is 12.9. The number of methoxy groups -OCH3 is 1. The van der Waals surface area contributed by atoms with Crippen LogP contribution in [0, 0.1) is 0 Å². The predicted molar refractivity (Wildman–Crippen MR) is 61.6 cm³/mol. The van der Waals surface area contributed by atoms with E-state index in [0.717, 1.165) is 11.3 Å². The Morgan fingerprint density at radius 3 is 2.60 bits per heavy atom. The van der Waals surface area contributed by atoms with Gasteiger partial charge in [0.1, 0.15) is 5.75 Å². The Morgan fingerprint density at radius 2 is 2.07 bits per heavy atom. The zero-order valence-corrected chi connectivity index (χ0v) is 9.53. The second-order valence-corrected chi connectivity index (χ2v) is 3.55. The second kappa shape index (κ2) is 5.70. The Balaban J connectivity index is 2.90. The lowest BCUT2D eigenvalue weighted by Crippen LogP contribution is -2.38. The van der Waals surface area contributed by atoms with Crippen molar-refractivity contribution in [3.05, 3.63) is 29.8 Å². The molecule has 0 bridgehead atoms. The predicted octanol–water partition coefficient (Wildman–Crippen LogP) is 0.761. The van der Waals surface area contributed by atoms with Crippen molar-refractivity contribution in [1.29, 1.82) is 0 Å². The summed E-state index contributed by atoms with van der Waals surface area (Å²) in [5.41, 5.74) is 10.1. The second-order valence-electron chi connectivity index (χ2n) is 3.55. The first-order valence-electron chi connectivity index (χ1n) is 4.95. The van der Waals surface area contributed by atoms with Crippen molar-refractivity contribution in [1.82, 2.24) is 10.4 Å². The summed E-state index contributed by atoms with van der Waals surface area (Å²) >= 11 is 0. The smallest absolute Gasteiger partial charge is 0.123 e. The van der Waals surface area contributed by atoms with Crippen molar-refractivity contribution in [3.63, 3.8) is 0 Å². The number of nitrogens with zero attached hydrogens (tertiary/aromatic N) is 1. The average molecular weight is 209 g/mol. The molecule has 0 fully saturated rings. The molecule has 0 aliphatic carbocycles. The molecule has 1 aromatic carbocycles. The van der Waals surface area contributed by atoms with Gasteiger partial charge in [-0.15, -0.1) is 0 Å². The third-order valence-electron chi connectivity index (χ3n) is 2.16. The Labute approximate surface area is 91.0 Å². The largest absolute Gasteiger partial charge is 0.496 e. The molecule has 0 spiro atoms. The molecule has 1 unspecified atom stereocenters. The van der Waals surface area contributed by atoms with Gasteiger partial charge in [-0.1, -0.05) is 18.2 Å². The molecule has 0 aromatic heterocycles. The van der Waals surface area contributed by atoms with Gasteiger partial charge in [0.2, 0.25) is 0 Å². The van der Waals surface area contributed by atoms with E-state index in [-0.39, 0.29) is 6.04 Å². The van der Waals surface area contributed by atoms with Gasteiger partial charge < -0.3 is 10.5 Å². The Hall–Kier alpha value is -1.10. The quantitative estimate of drug-likeness (QED) is 0.703. The van der Waals surface area contributed by atoms with Crippen molar-refractivity contribution in [2.24, 2.45) is 5.73 Å². The van der Waals surface area contributed by atoms with Gasteiger partial charge in [0.05, 0.1) is 13.2 Å². The van der Waals surface area contributed by atoms with E-state index < -0.39 is 0 Å². The molecule has 0 saturated heterocycles. The summed E-state index contributed by atoms with van der Waals surface area (Å²) in [5.74, 6) is 0.863. The van der Waals surface area contributed by atoms with Crippen molar-refractivity contribution in [2.45, 2.75) is 6.04 Å². The Morgan fingerprint density at radius 1 is 1.40 bits per heavy atom. The van der Waals surface area contributed by atoms with Gasteiger partial charge in [-0.3, -0.25) is 0 Å². The van der Waals surface area contributed by atoms with Gasteiger partial charge in [-0.05, 0) is 6.07 Å². The van der Waals surface area contributed by atoms with Crippen LogP contribution < -0.4 is 15.9 Å². The van der Waals surface area contributed by atoms with E-state index in [1.54, 1.807) is 7.11 Å². The van der Waals surface area contributed by atoms with Gasteiger partial charge in [-0.25, -0.2) is 10.4 Å². The average Bonchev–Trinajstić information content (AvgIpc) is 2.25. The molecular formula is C11H19N3O. The fourth-order valence-electron chi connectivity index (χ4n) is 1.52. The number of nitrogens with two attached hydrogens (primary N) is 1. The van der Waals surface area contributed by atoms with Gasteiger partial charge in [0.25, 0.3) is 0 Å². The molecule has 15 heavy (non-hydrogen) atoms. The third kappa shape index (κ3) is 3.20. The topological polar surface area (TPSA) is 50.5 Å². The number of benzene rings is 1. The SMILES string of the molecule is COc1ccccc1C(CN)NN(C)C. The van der Waals surface area contributed by atoms with E-state index in [9.17, 15) is 0 Å². The number of hydrogen-bond donors (Lipinski definition) is 2. The number of hydrogen-bond acceptors (Lipinski definition) is 4. The van der Waals surface area contributed by atoms with Gasteiger partial charge in [0.15, 0.2) is 0 Å². The molecule has 3 N–H and O–H groups in total. The molecular weight excluding hydrogens is 190 g/mol. The Kier molecular flexibility index (Phi) is 4.55. The molecule has 1 aromatic rings. The van der Waals surface area contributed by atoms with Crippen LogP contribution in [0.1, 0.15) is 11.6 Å². The fourth-order valence-corrected chi connectivity index (χ4v) is 1.52. The number of nitrogens with one attached hydrogen (secondary N) is 1. The molecule has 0 saturated carbocycles. The number of hydrazine groups is 1. The van der Waals surface area contributed by atoms with E-state index in [0.29, 0.717) is 6.54 Å². The summed E-state index contributed by atoms with van der Waals surface area (Å²) in [6.07, 6.45) is 0. The highest BCUT2D eigenvalue weighted by Gasteiger charge is 2.13. The maximum atomic E-state index is 5.73. The van der Waals surface area contributed by atoms with Gasteiger partial charge in [0, 0.05) is 26.2 Å². The lowest BCUT2D eigenvalue weighted by Gasteiger charge is -2.23. The van der Waals surface area contributed by atoms with Gasteiger partial charge >= 0.3 is 0 Å². The minimum Gasteiger partial charge on any atom is -0.496 e. The maximum absolute atomic E-state index is 5.73. The molecule has 1 rings (SSSR count). The first-order valence-corrected chi connectivity index (χ1v) is 4.95. The first-order chi connectivity index (χ1) is 7.19. The molecule has 0 radical (unpaired) electrons. The summed E-state index contributed by atoms with van der Waals surface area (Å²) in [4.78, 5) is 0. The van der Waals surface area contributed by atoms with Crippen LogP contribution in [0.5, 0.6) is 5.75 Å². The van der Waals surface area contributed by atoms with Crippen LogP contribution in [0.4, 0.5) is 0 Å². The molecule has 84 valence electrons. The van der Waals surface area contributed by atoms with Crippen molar-refractivity contribution >= 4 is 0 Å². The maximum Gasteiger partial charge on any atom is 0.123 e. The zero-order chi connectivity index (χ0) is 11.3. The third-order valence-corrected chi connectivity index (χ3v) is 2.16.